The number of amides is 1. The van der Waals surface area contributed by atoms with E-state index in [0.717, 1.165) is 65.9 Å². The number of hydrogen-bond acceptors (Lipinski definition) is 6. The van der Waals surface area contributed by atoms with Crippen molar-refractivity contribution in [3.63, 3.8) is 0 Å². The summed E-state index contributed by atoms with van der Waals surface area (Å²) in [4.78, 5) is 20.0. The van der Waals surface area contributed by atoms with Crippen LogP contribution in [0.1, 0.15) is 65.5 Å². The molecule has 1 N–H and O–H groups in total. The molecule has 1 aliphatic heterocycles. The highest BCUT2D eigenvalue weighted by Gasteiger charge is 2.40. The molecule has 0 spiro atoms. The highest BCUT2D eigenvalue weighted by Crippen LogP contribution is 2.37. The monoisotopic (exact) mass is 524 g/mol. The van der Waals surface area contributed by atoms with E-state index in [0.29, 0.717) is 5.56 Å². The van der Waals surface area contributed by atoms with E-state index < -0.39 is 0 Å². The largest absolute Gasteiger partial charge is 0.357 e. The summed E-state index contributed by atoms with van der Waals surface area (Å²) in [6.45, 7) is 11.9. The lowest BCUT2D eigenvalue weighted by atomic mass is 9.75. The summed E-state index contributed by atoms with van der Waals surface area (Å²) in [6.07, 6.45) is 11.7. The predicted molar refractivity (Wildman–Crippen MR) is 152 cm³/mol. The standard InChI is InChI=1S/C30H36N8O/c1-6-30(29(39)35-20(2)3)9-11-36(12-10-30)27-8-7-22(15-32-27)26-13-23(25-17-33-37(19-25)21(4)5)18-38-28(26)24(14-31)16-34-38/h7-8,13,15-21H,6,9-12H2,1-5H3,(H,35,39). The third kappa shape index (κ3) is 4.99. The lowest BCUT2D eigenvalue weighted by Crippen LogP contribution is -2.50. The predicted octanol–water partition coefficient (Wildman–Crippen LogP) is 5.23. The number of pyridine rings is 2. The number of nitriles is 1. The Balaban J connectivity index is 1.43. The van der Waals surface area contributed by atoms with Gasteiger partial charge in [-0.1, -0.05) is 6.92 Å². The van der Waals surface area contributed by atoms with Crippen LogP contribution in [0, 0.1) is 16.7 Å². The maximum atomic E-state index is 12.9. The molecule has 4 aromatic rings. The number of piperidine rings is 1. The Morgan fingerprint density at radius 3 is 2.41 bits per heavy atom. The van der Waals surface area contributed by atoms with Crippen molar-refractivity contribution in [3.05, 3.63) is 54.7 Å². The summed E-state index contributed by atoms with van der Waals surface area (Å²) in [5.41, 5.74) is 4.72. The number of hydrogen-bond donors (Lipinski definition) is 1. The molecule has 0 aromatic carbocycles. The topological polar surface area (TPSA) is 104 Å². The van der Waals surface area contributed by atoms with Crippen molar-refractivity contribution in [2.45, 2.75) is 66.0 Å². The van der Waals surface area contributed by atoms with E-state index in [1.165, 1.54) is 0 Å². The molecule has 39 heavy (non-hydrogen) atoms. The Morgan fingerprint density at radius 1 is 1.05 bits per heavy atom. The van der Waals surface area contributed by atoms with Crippen molar-refractivity contribution >= 4 is 17.2 Å². The molecular formula is C30H36N8O. The summed E-state index contributed by atoms with van der Waals surface area (Å²) >= 11 is 0. The van der Waals surface area contributed by atoms with Gasteiger partial charge in [-0.25, -0.2) is 9.50 Å². The second-order valence-corrected chi connectivity index (χ2v) is 11.1. The van der Waals surface area contributed by atoms with E-state index >= 15 is 0 Å². The van der Waals surface area contributed by atoms with Crippen LogP contribution in [0.15, 0.2) is 49.2 Å². The minimum atomic E-state index is -0.314. The third-order valence-electron chi connectivity index (χ3n) is 7.88. The molecule has 9 nitrogen and oxygen atoms in total. The maximum Gasteiger partial charge on any atom is 0.226 e. The van der Waals surface area contributed by atoms with E-state index in [1.807, 2.05) is 49.4 Å². The number of nitrogens with one attached hydrogen (secondary N) is 1. The van der Waals surface area contributed by atoms with Gasteiger partial charge < -0.3 is 10.2 Å². The molecular weight excluding hydrogens is 488 g/mol. The van der Waals surface area contributed by atoms with Crippen LogP contribution in [0.3, 0.4) is 0 Å². The average molecular weight is 525 g/mol. The van der Waals surface area contributed by atoms with Gasteiger partial charge in [0, 0.05) is 66.0 Å². The van der Waals surface area contributed by atoms with Gasteiger partial charge in [0.15, 0.2) is 0 Å². The van der Waals surface area contributed by atoms with E-state index in [4.69, 9.17) is 4.98 Å². The normalized spacial score (nSPS) is 15.2. The van der Waals surface area contributed by atoms with Crippen LogP contribution in [-0.2, 0) is 4.79 Å². The van der Waals surface area contributed by atoms with Crippen LogP contribution in [-0.4, -0.2) is 49.4 Å². The molecule has 202 valence electrons. The summed E-state index contributed by atoms with van der Waals surface area (Å²) < 4.78 is 3.69. The first-order valence-electron chi connectivity index (χ1n) is 13.7. The number of carbonyl (C=O) groups excluding carboxylic acids is 1. The fraction of sp³-hybridized carbons (Fsp3) is 0.433. The highest BCUT2D eigenvalue weighted by molar-refractivity contribution is 5.87. The average Bonchev–Trinajstić information content (AvgIpc) is 3.60. The fourth-order valence-electron chi connectivity index (χ4n) is 5.40. The van der Waals surface area contributed by atoms with Gasteiger partial charge in [0.25, 0.3) is 0 Å². The zero-order valence-electron chi connectivity index (χ0n) is 23.3. The molecule has 1 amide bonds. The summed E-state index contributed by atoms with van der Waals surface area (Å²) in [5.74, 6) is 1.06. The molecule has 0 radical (unpaired) electrons. The Morgan fingerprint density at radius 2 is 1.82 bits per heavy atom. The molecule has 9 heteroatoms. The van der Waals surface area contributed by atoms with Gasteiger partial charge in [-0.05, 0) is 65.2 Å². The molecule has 0 aliphatic carbocycles. The summed E-state index contributed by atoms with van der Waals surface area (Å²) in [5, 5.41) is 21.8. The zero-order chi connectivity index (χ0) is 27.7. The number of carbonyl (C=O) groups is 1. The Kier molecular flexibility index (Phi) is 7.13. The molecule has 1 saturated heterocycles. The number of fused-ring (bicyclic) bond motifs is 1. The maximum absolute atomic E-state index is 12.9. The number of rotatable bonds is 7. The molecule has 0 saturated carbocycles. The summed E-state index contributed by atoms with van der Waals surface area (Å²) in [7, 11) is 0. The van der Waals surface area contributed by atoms with E-state index in [1.54, 1.807) is 10.7 Å². The van der Waals surface area contributed by atoms with Crippen molar-refractivity contribution in [1.29, 1.82) is 5.26 Å². The first-order chi connectivity index (χ1) is 18.7. The van der Waals surface area contributed by atoms with Gasteiger partial charge >= 0.3 is 0 Å². The van der Waals surface area contributed by atoms with Gasteiger partial charge in [0.2, 0.25) is 5.91 Å². The lowest BCUT2D eigenvalue weighted by molar-refractivity contribution is -0.133. The Labute approximate surface area is 229 Å². The molecule has 0 atom stereocenters. The third-order valence-corrected chi connectivity index (χ3v) is 7.88. The molecule has 4 aromatic heterocycles. The molecule has 1 fully saturated rings. The van der Waals surface area contributed by atoms with Crippen molar-refractivity contribution < 1.29 is 4.79 Å². The second kappa shape index (κ2) is 10.5. The SMILES string of the molecule is CCC1(C(=O)NC(C)C)CCN(c2ccc(-c3cc(-c4cnn(C(C)C)c4)cn4ncc(C#N)c34)cn2)CC1. The second-order valence-electron chi connectivity index (χ2n) is 11.1. The Hall–Kier alpha value is -4.19. The van der Waals surface area contributed by atoms with Crippen LogP contribution >= 0.6 is 0 Å². The lowest BCUT2D eigenvalue weighted by Gasteiger charge is -2.41. The van der Waals surface area contributed by atoms with Gasteiger partial charge in [-0.2, -0.15) is 15.5 Å². The van der Waals surface area contributed by atoms with Crippen molar-refractivity contribution in [2.24, 2.45) is 5.41 Å². The molecule has 5 heterocycles. The minimum Gasteiger partial charge on any atom is -0.357 e. The van der Waals surface area contributed by atoms with Gasteiger partial charge in [-0.3, -0.25) is 9.48 Å². The first kappa shape index (κ1) is 26.4. The molecule has 5 rings (SSSR count). The van der Waals surface area contributed by atoms with Gasteiger partial charge in [0.1, 0.15) is 11.9 Å². The van der Waals surface area contributed by atoms with Crippen molar-refractivity contribution in [1.82, 2.24) is 29.7 Å². The molecule has 0 bridgehead atoms. The van der Waals surface area contributed by atoms with Gasteiger partial charge in [0.05, 0.1) is 28.9 Å². The molecule has 0 unspecified atom stereocenters. The van der Waals surface area contributed by atoms with E-state index in [2.05, 4.69) is 59.4 Å². The quantitative estimate of drug-likeness (QED) is 0.355. The fourth-order valence-corrected chi connectivity index (χ4v) is 5.40. The minimum absolute atomic E-state index is 0.141. The summed E-state index contributed by atoms with van der Waals surface area (Å²) in [6, 6.07) is 8.85. The number of nitrogens with zero attached hydrogens (tertiary/aromatic N) is 7. The number of anilines is 1. The van der Waals surface area contributed by atoms with Crippen LogP contribution in [0.4, 0.5) is 5.82 Å². The zero-order valence-corrected chi connectivity index (χ0v) is 23.3. The van der Waals surface area contributed by atoms with Crippen molar-refractivity contribution in [3.8, 4) is 28.3 Å². The smallest absolute Gasteiger partial charge is 0.226 e. The van der Waals surface area contributed by atoms with Crippen molar-refractivity contribution in [2.75, 3.05) is 18.0 Å². The Bertz CT molecular complexity index is 1510. The number of aromatic nitrogens is 5. The van der Waals surface area contributed by atoms with Crippen LogP contribution in [0.2, 0.25) is 0 Å². The van der Waals surface area contributed by atoms with E-state index in [-0.39, 0.29) is 23.4 Å². The first-order valence-corrected chi connectivity index (χ1v) is 13.7. The van der Waals surface area contributed by atoms with Crippen LogP contribution in [0.25, 0.3) is 27.8 Å². The van der Waals surface area contributed by atoms with E-state index in [9.17, 15) is 10.1 Å². The highest BCUT2D eigenvalue weighted by atomic mass is 16.2. The van der Waals surface area contributed by atoms with Gasteiger partial charge in [-0.15, -0.1) is 0 Å². The van der Waals surface area contributed by atoms with Crippen LogP contribution < -0.4 is 10.2 Å². The molecule has 1 aliphatic rings. The van der Waals surface area contributed by atoms with Crippen LogP contribution in [0.5, 0.6) is 0 Å².